The van der Waals surface area contributed by atoms with Gasteiger partial charge < -0.3 is 14.6 Å². The zero-order chi connectivity index (χ0) is 17.0. The van der Waals surface area contributed by atoms with E-state index in [0.717, 1.165) is 6.42 Å². The highest BCUT2D eigenvalue weighted by Crippen LogP contribution is 2.33. The molecule has 0 spiro atoms. The first-order valence-electron chi connectivity index (χ1n) is 7.37. The lowest BCUT2D eigenvalue weighted by molar-refractivity contribution is 0.0691. The number of ether oxygens (including phenoxy) is 2. The summed E-state index contributed by atoms with van der Waals surface area (Å²) >= 11 is 0. The highest BCUT2D eigenvalue weighted by atomic mass is 16.5. The summed E-state index contributed by atoms with van der Waals surface area (Å²) < 4.78 is 12.1. The fourth-order valence-electron chi connectivity index (χ4n) is 2.26. The molecule has 23 heavy (non-hydrogen) atoms. The predicted octanol–water partition coefficient (Wildman–Crippen LogP) is 2.71. The van der Waals surface area contributed by atoms with Crippen LogP contribution in [-0.2, 0) is 6.54 Å². The highest BCUT2D eigenvalue weighted by molar-refractivity contribution is 5.92. The number of carboxylic acid groups (broad SMARTS) is 1. The van der Waals surface area contributed by atoms with Gasteiger partial charge in [0.15, 0.2) is 17.2 Å². The van der Waals surface area contributed by atoms with E-state index in [-0.39, 0.29) is 5.69 Å². The normalized spacial score (nSPS) is 10.8. The van der Waals surface area contributed by atoms with Crippen molar-refractivity contribution in [1.29, 1.82) is 0 Å². The molecule has 0 saturated heterocycles. The molecule has 1 heterocycles. The van der Waals surface area contributed by atoms with Crippen molar-refractivity contribution in [3.05, 3.63) is 23.9 Å². The number of aromatic nitrogens is 3. The number of benzene rings is 1. The summed E-state index contributed by atoms with van der Waals surface area (Å²) in [5.74, 6) is 0.476. The Balaban J connectivity index is 2.51. The fraction of sp³-hybridized carbons (Fsp3) is 0.438. The number of aryl methyl sites for hydroxylation is 1. The van der Waals surface area contributed by atoms with E-state index in [1.807, 2.05) is 0 Å². The molecule has 0 saturated carbocycles. The molecular formula is C16H21N3O4. The molecule has 0 unspecified atom stereocenters. The van der Waals surface area contributed by atoms with Crippen molar-refractivity contribution in [2.75, 3.05) is 14.2 Å². The van der Waals surface area contributed by atoms with Gasteiger partial charge in [0, 0.05) is 12.1 Å². The van der Waals surface area contributed by atoms with Crippen LogP contribution in [-0.4, -0.2) is 40.3 Å². The number of carbonyl (C=O) groups is 1. The molecule has 1 N–H and O–H groups in total. The molecule has 1 aromatic carbocycles. The third kappa shape index (κ3) is 3.61. The fourth-order valence-corrected chi connectivity index (χ4v) is 2.26. The van der Waals surface area contributed by atoms with Crippen LogP contribution in [0.1, 0.15) is 30.8 Å². The van der Waals surface area contributed by atoms with Gasteiger partial charge in [0.25, 0.3) is 0 Å². The van der Waals surface area contributed by atoms with Gasteiger partial charge in [-0.25, -0.2) is 9.48 Å². The van der Waals surface area contributed by atoms with E-state index in [2.05, 4.69) is 24.2 Å². The second kappa shape index (κ2) is 7.13. The first-order valence-corrected chi connectivity index (χ1v) is 7.37. The molecule has 2 rings (SSSR count). The first-order chi connectivity index (χ1) is 11.0. The second-order valence-electron chi connectivity index (χ2n) is 5.57. The standard InChI is InChI=1S/C16H21N3O4/c1-10(2)7-8-19-15(14(16(20)21)17-18-19)11-5-6-12(22-3)13(9-11)23-4/h5-6,9-10H,7-8H2,1-4H3,(H,20,21). The van der Waals surface area contributed by atoms with Crippen molar-refractivity contribution in [3.63, 3.8) is 0 Å². The van der Waals surface area contributed by atoms with Crippen LogP contribution in [0.3, 0.4) is 0 Å². The molecule has 2 aromatic rings. The van der Waals surface area contributed by atoms with E-state index in [4.69, 9.17) is 9.47 Å². The molecule has 0 aliphatic carbocycles. The molecule has 124 valence electrons. The van der Waals surface area contributed by atoms with Crippen molar-refractivity contribution in [1.82, 2.24) is 15.0 Å². The Morgan fingerprint density at radius 3 is 2.52 bits per heavy atom. The van der Waals surface area contributed by atoms with E-state index < -0.39 is 5.97 Å². The Morgan fingerprint density at radius 1 is 1.26 bits per heavy atom. The van der Waals surface area contributed by atoms with Gasteiger partial charge in [0.2, 0.25) is 0 Å². The highest BCUT2D eigenvalue weighted by Gasteiger charge is 2.21. The van der Waals surface area contributed by atoms with Gasteiger partial charge in [0.1, 0.15) is 5.69 Å². The van der Waals surface area contributed by atoms with Crippen LogP contribution in [0.4, 0.5) is 0 Å². The Hall–Kier alpha value is -2.57. The second-order valence-corrected chi connectivity index (χ2v) is 5.57. The Bertz CT molecular complexity index is 695. The van der Waals surface area contributed by atoms with Gasteiger partial charge in [-0.3, -0.25) is 0 Å². The van der Waals surface area contributed by atoms with Crippen LogP contribution in [0.25, 0.3) is 11.3 Å². The molecule has 1 aromatic heterocycles. The monoisotopic (exact) mass is 319 g/mol. The van der Waals surface area contributed by atoms with Crippen LogP contribution in [0.2, 0.25) is 0 Å². The van der Waals surface area contributed by atoms with E-state index in [1.165, 1.54) is 7.11 Å². The van der Waals surface area contributed by atoms with E-state index in [1.54, 1.807) is 30.0 Å². The molecule has 0 amide bonds. The number of methoxy groups -OCH3 is 2. The minimum absolute atomic E-state index is 0.0685. The number of rotatable bonds is 7. The number of hydrogen-bond donors (Lipinski definition) is 1. The number of aromatic carboxylic acids is 1. The van der Waals surface area contributed by atoms with Gasteiger partial charge >= 0.3 is 5.97 Å². The summed E-state index contributed by atoms with van der Waals surface area (Å²) in [5.41, 5.74) is 1.08. The summed E-state index contributed by atoms with van der Waals surface area (Å²) in [5, 5.41) is 17.2. The number of hydrogen-bond acceptors (Lipinski definition) is 5. The lowest BCUT2D eigenvalue weighted by atomic mass is 10.1. The lowest BCUT2D eigenvalue weighted by Gasteiger charge is -2.12. The zero-order valence-corrected chi connectivity index (χ0v) is 13.7. The number of carboxylic acids is 1. The van der Waals surface area contributed by atoms with Gasteiger partial charge in [-0.15, -0.1) is 5.10 Å². The van der Waals surface area contributed by atoms with Crippen molar-refractivity contribution in [2.24, 2.45) is 5.92 Å². The topological polar surface area (TPSA) is 86.5 Å². The van der Waals surface area contributed by atoms with Gasteiger partial charge in [0.05, 0.1) is 14.2 Å². The quantitative estimate of drug-likeness (QED) is 0.844. The minimum atomic E-state index is -1.11. The first kappa shape index (κ1) is 16.8. The van der Waals surface area contributed by atoms with Crippen molar-refractivity contribution in [2.45, 2.75) is 26.8 Å². The van der Waals surface area contributed by atoms with Crippen LogP contribution >= 0.6 is 0 Å². The summed E-state index contributed by atoms with van der Waals surface area (Å²) in [6.07, 6.45) is 0.878. The molecule has 0 aliphatic heterocycles. The summed E-state index contributed by atoms with van der Waals surface area (Å²) in [4.78, 5) is 11.5. The Kier molecular flexibility index (Phi) is 5.20. The molecule has 0 fully saturated rings. The van der Waals surface area contributed by atoms with Crippen LogP contribution in [0.15, 0.2) is 18.2 Å². The van der Waals surface area contributed by atoms with Crippen LogP contribution in [0.5, 0.6) is 11.5 Å². The smallest absolute Gasteiger partial charge is 0.358 e. The van der Waals surface area contributed by atoms with Crippen LogP contribution in [0, 0.1) is 5.92 Å². The SMILES string of the molecule is COc1ccc(-c2c(C(=O)O)nnn2CCC(C)C)cc1OC. The molecule has 7 nitrogen and oxygen atoms in total. The average Bonchev–Trinajstić information content (AvgIpc) is 2.96. The molecule has 0 atom stereocenters. The van der Waals surface area contributed by atoms with Crippen molar-refractivity contribution < 1.29 is 19.4 Å². The Morgan fingerprint density at radius 2 is 1.96 bits per heavy atom. The third-order valence-electron chi connectivity index (χ3n) is 3.51. The third-order valence-corrected chi connectivity index (χ3v) is 3.51. The maximum absolute atomic E-state index is 11.5. The van der Waals surface area contributed by atoms with Crippen molar-refractivity contribution in [3.8, 4) is 22.8 Å². The lowest BCUT2D eigenvalue weighted by Crippen LogP contribution is -2.07. The molecule has 0 aliphatic rings. The molecule has 0 bridgehead atoms. The largest absolute Gasteiger partial charge is 0.493 e. The van der Waals surface area contributed by atoms with Gasteiger partial charge in [-0.05, 0) is 30.5 Å². The molecule has 7 heteroatoms. The maximum atomic E-state index is 11.5. The maximum Gasteiger partial charge on any atom is 0.358 e. The van der Waals surface area contributed by atoms with Crippen LogP contribution < -0.4 is 9.47 Å². The summed E-state index contributed by atoms with van der Waals surface area (Å²) in [6, 6.07) is 5.24. The average molecular weight is 319 g/mol. The number of nitrogens with zero attached hydrogens (tertiary/aromatic N) is 3. The summed E-state index contributed by atoms with van der Waals surface area (Å²) in [7, 11) is 3.09. The van der Waals surface area contributed by atoms with Gasteiger partial charge in [-0.1, -0.05) is 19.1 Å². The molecular weight excluding hydrogens is 298 g/mol. The van der Waals surface area contributed by atoms with Gasteiger partial charge in [-0.2, -0.15) is 0 Å². The Labute approximate surface area is 134 Å². The van der Waals surface area contributed by atoms with E-state index >= 15 is 0 Å². The summed E-state index contributed by atoms with van der Waals surface area (Å²) in [6.45, 7) is 4.80. The van der Waals surface area contributed by atoms with Crippen molar-refractivity contribution >= 4 is 5.97 Å². The van der Waals surface area contributed by atoms with E-state index in [9.17, 15) is 9.90 Å². The molecule has 0 radical (unpaired) electrons. The zero-order valence-electron chi connectivity index (χ0n) is 13.7. The predicted molar refractivity (Wildman–Crippen MR) is 85.0 cm³/mol. The van der Waals surface area contributed by atoms with E-state index in [0.29, 0.717) is 35.2 Å². The minimum Gasteiger partial charge on any atom is -0.493 e.